The van der Waals surface area contributed by atoms with Gasteiger partial charge in [-0.2, -0.15) is 0 Å². The van der Waals surface area contributed by atoms with E-state index in [4.69, 9.17) is 0 Å². The summed E-state index contributed by atoms with van der Waals surface area (Å²) in [5, 5.41) is 0. The fourth-order valence-electron chi connectivity index (χ4n) is 14.6. The van der Waals surface area contributed by atoms with Gasteiger partial charge >= 0.3 is 0 Å². The van der Waals surface area contributed by atoms with E-state index in [1.807, 2.05) is 0 Å². The Hall–Kier alpha value is -6.78. The van der Waals surface area contributed by atoms with Crippen LogP contribution in [0, 0.1) is 0 Å². The normalized spacial score (nSPS) is 20.0. The van der Waals surface area contributed by atoms with Crippen LogP contribution in [0.5, 0.6) is 0 Å². The lowest BCUT2D eigenvalue weighted by atomic mass is 9.33. The Kier molecular flexibility index (Phi) is 10.3. The summed E-state index contributed by atoms with van der Waals surface area (Å²) in [7, 11) is 0. The molecule has 3 heterocycles. The first-order chi connectivity index (χ1) is 35.6. The first-order valence-corrected chi connectivity index (χ1v) is 28.0. The number of para-hydroxylation sites is 1. The molecule has 5 aliphatic rings. The van der Waals surface area contributed by atoms with Gasteiger partial charge < -0.3 is 14.7 Å². The molecule has 2 unspecified atom stereocenters. The smallest absolute Gasteiger partial charge is 0.252 e. The number of nitrogens with zero attached hydrogens (tertiary/aromatic N) is 3. The Bertz CT molecular complexity index is 3660. The third kappa shape index (κ3) is 6.92. The number of rotatable bonds is 4. The van der Waals surface area contributed by atoms with Crippen molar-refractivity contribution in [3.05, 3.63) is 197 Å². The molecule has 0 spiro atoms. The highest BCUT2D eigenvalue weighted by molar-refractivity contribution is 7.00. The first kappa shape index (κ1) is 47.9. The van der Waals surface area contributed by atoms with Gasteiger partial charge in [0.1, 0.15) is 0 Å². The van der Waals surface area contributed by atoms with Crippen molar-refractivity contribution in [3.63, 3.8) is 0 Å². The Balaban J connectivity index is 1.21. The van der Waals surface area contributed by atoms with Gasteiger partial charge in [-0.3, -0.25) is 0 Å². The van der Waals surface area contributed by atoms with Gasteiger partial charge in [0.15, 0.2) is 0 Å². The summed E-state index contributed by atoms with van der Waals surface area (Å²) < 4.78 is 0. The largest absolute Gasteiger partial charge is 0.334 e. The quantitative estimate of drug-likeness (QED) is 0.163. The van der Waals surface area contributed by atoms with Crippen molar-refractivity contribution in [3.8, 4) is 22.3 Å². The molecule has 3 nitrogen and oxygen atoms in total. The Morgan fingerprint density at radius 3 is 1.75 bits per heavy atom. The minimum Gasteiger partial charge on any atom is -0.334 e. The minimum atomic E-state index is -0.180. The lowest BCUT2D eigenvalue weighted by Gasteiger charge is -2.51. The molecule has 13 rings (SSSR count). The molecule has 2 atom stereocenters. The van der Waals surface area contributed by atoms with E-state index in [1.54, 1.807) is 0 Å². The molecule has 2 aliphatic carbocycles. The Morgan fingerprint density at radius 1 is 0.400 bits per heavy atom. The van der Waals surface area contributed by atoms with Gasteiger partial charge in [0.25, 0.3) is 6.71 Å². The molecule has 8 aromatic rings. The van der Waals surface area contributed by atoms with E-state index >= 15 is 0 Å². The van der Waals surface area contributed by atoms with E-state index in [1.165, 1.54) is 137 Å². The van der Waals surface area contributed by atoms with Crippen molar-refractivity contribution >= 4 is 68.6 Å². The van der Waals surface area contributed by atoms with Gasteiger partial charge in [0.05, 0.1) is 11.2 Å². The van der Waals surface area contributed by atoms with E-state index in [9.17, 15) is 0 Å². The Labute approximate surface area is 448 Å². The lowest BCUT2D eigenvalue weighted by Crippen LogP contribution is -2.62. The number of benzene rings is 8. The van der Waals surface area contributed by atoms with Gasteiger partial charge in [-0.15, -0.1) is 0 Å². The topological polar surface area (TPSA) is 9.72 Å². The van der Waals surface area contributed by atoms with Crippen LogP contribution in [0.15, 0.2) is 164 Å². The monoisotopic (exact) mass is 980 g/mol. The van der Waals surface area contributed by atoms with Crippen molar-refractivity contribution in [1.29, 1.82) is 0 Å². The SMILES string of the molecule is CC(C)(C)c1cccc(N2c3cc(C(C)(C)C)ccc3B3c4cc5c(cc4N(c4ccc(C(C)(C)C)cc4-c4ccccc4)c4cc(N6c7ccccc7C7(C)CCCCC67C)cc2c43)-c2ccccc2C5(C)C)c1. The highest BCUT2D eigenvalue weighted by atomic mass is 15.3. The van der Waals surface area contributed by atoms with Crippen molar-refractivity contribution < 1.29 is 0 Å². The average Bonchev–Trinajstić information content (AvgIpc) is 3.94. The third-order valence-electron chi connectivity index (χ3n) is 19.1. The lowest BCUT2D eigenvalue weighted by molar-refractivity contribution is 0.195. The van der Waals surface area contributed by atoms with Crippen LogP contribution in [0.3, 0.4) is 0 Å². The molecule has 0 N–H and O–H groups in total. The van der Waals surface area contributed by atoms with Crippen LogP contribution >= 0.6 is 0 Å². The highest BCUT2D eigenvalue weighted by Gasteiger charge is 2.58. The van der Waals surface area contributed by atoms with Crippen molar-refractivity contribution in [2.24, 2.45) is 0 Å². The molecule has 4 heteroatoms. The van der Waals surface area contributed by atoms with Crippen LogP contribution in [0.1, 0.15) is 149 Å². The summed E-state index contributed by atoms with van der Waals surface area (Å²) in [4.78, 5) is 8.22. The zero-order chi connectivity index (χ0) is 52.4. The van der Waals surface area contributed by atoms with Crippen LogP contribution in [0.4, 0.5) is 45.5 Å². The number of hydrogen-bond acceptors (Lipinski definition) is 3. The van der Waals surface area contributed by atoms with Gasteiger partial charge in [-0.25, -0.2) is 0 Å². The maximum atomic E-state index is 2.81. The van der Waals surface area contributed by atoms with Gasteiger partial charge in [0.2, 0.25) is 0 Å². The van der Waals surface area contributed by atoms with Gasteiger partial charge in [-0.05, 0) is 157 Å². The molecule has 0 aromatic heterocycles. The molecule has 8 aromatic carbocycles. The second-order valence-corrected chi connectivity index (χ2v) is 27.0. The van der Waals surface area contributed by atoms with E-state index in [0.29, 0.717) is 0 Å². The van der Waals surface area contributed by atoms with Crippen LogP contribution in [0.2, 0.25) is 0 Å². The summed E-state index contributed by atoms with van der Waals surface area (Å²) in [6.45, 7) is 31.2. The van der Waals surface area contributed by atoms with Crippen LogP contribution < -0.4 is 31.1 Å². The molecule has 3 aliphatic heterocycles. The predicted octanol–water partition coefficient (Wildman–Crippen LogP) is 17.4. The fourth-order valence-corrected chi connectivity index (χ4v) is 14.6. The van der Waals surface area contributed by atoms with E-state index in [0.717, 1.165) is 6.42 Å². The van der Waals surface area contributed by atoms with Crippen molar-refractivity contribution in [2.45, 2.75) is 148 Å². The summed E-state index contributed by atoms with van der Waals surface area (Å²) in [6, 6.07) is 64.6. The standard InChI is InChI=1S/C71H74BN3/c1-66(2,3)46-26-23-27-49(38-46)73-61-40-48(68(7,8)9)32-34-57(61)72-58-44-56-53(51-28-17-18-29-54(51)69(56,10)11)43-62(58)74(59-35-33-47(67(4,5)6)39-52(59)45-24-15-14-16-25-45)64-42-50(41-63(73)65(64)72)75-60-31-20-19-30-55(60)70(12)36-21-22-37-71(70,75)13/h14-20,23-35,38-44H,21-22,36-37H2,1-13H3. The highest BCUT2D eigenvalue weighted by Crippen LogP contribution is 2.62. The number of anilines is 8. The van der Waals surface area contributed by atoms with Crippen LogP contribution in [0.25, 0.3) is 22.3 Å². The Morgan fingerprint density at radius 2 is 1.01 bits per heavy atom. The maximum absolute atomic E-state index is 2.81. The molecular formula is C71H74BN3. The zero-order valence-electron chi connectivity index (χ0n) is 46.8. The molecule has 376 valence electrons. The molecule has 0 amide bonds. The zero-order valence-corrected chi connectivity index (χ0v) is 46.8. The first-order valence-electron chi connectivity index (χ1n) is 28.0. The molecule has 0 saturated heterocycles. The number of hydrogen-bond donors (Lipinski definition) is 0. The van der Waals surface area contributed by atoms with Crippen molar-refractivity contribution in [2.75, 3.05) is 14.7 Å². The summed E-state index contributed by atoms with van der Waals surface area (Å²) in [5.41, 5.74) is 27.0. The number of fused-ring (bicyclic) bond motifs is 10. The van der Waals surface area contributed by atoms with Crippen molar-refractivity contribution in [1.82, 2.24) is 0 Å². The summed E-state index contributed by atoms with van der Waals surface area (Å²) in [5.74, 6) is 0. The van der Waals surface area contributed by atoms with E-state index < -0.39 is 0 Å². The maximum Gasteiger partial charge on any atom is 0.252 e. The molecule has 1 fully saturated rings. The van der Waals surface area contributed by atoms with E-state index in [-0.39, 0.29) is 39.3 Å². The molecule has 1 saturated carbocycles. The fraction of sp³-hybridized carbons (Fsp3) is 0.324. The van der Waals surface area contributed by atoms with Crippen LogP contribution in [-0.2, 0) is 27.1 Å². The average molecular weight is 980 g/mol. The van der Waals surface area contributed by atoms with E-state index in [2.05, 4.69) is 269 Å². The molecular weight excluding hydrogens is 906 g/mol. The van der Waals surface area contributed by atoms with Gasteiger partial charge in [0, 0.05) is 56.2 Å². The summed E-state index contributed by atoms with van der Waals surface area (Å²) in [6.07, 6.45) is 4.77. The van der Waals surface area contributed by atoms with Crippen LogP contribution in [-0.4, -0.2) is 12.3 Å². The second kappa shape index (κ2) is 16.1. The minimum absolute atomic E-state index is 0.0112. The third-order valence-corrected chi connectivity index (χ3v) is 19.1. The molecule has 75 heavy (non-hydrogen) atoms. The molecule has 0 bridgehead atoms. The predicted molar refractivity (Wildman–Crippen MR) is 322 cm³/mol. The van der Waals surface area contributed by atoms with Gasteiger partial charge in [-0.1, -0.05) is 205 Å². The summed E-state index contributed by atoms with van der Waals surface area (Å²) >= 11 is 0. The second-order valence-electron chi connectivity index (χ2n) is 27.0. The molecule has 0 radical (unpaired) electrons.